The molecule has 0 spiro atoms. The van der Waals surface area contributed by atoms with E-state index in [2.05, 4.69) is 4.74 Å². The molecule has 2 atom stereocenters. The number of hydrogen-bond acceptors (Lipinski definition) is 5. The zero-order valence-corrected chi connectivity index (χ0v) is 5.90. The SMILES string of the molecule is O=C1O[C@H]([C@H](O)C[18F])C(O)=C1O. The third kappa shape index (κ3) is 1.20. The second-order valence-corrected chi connectivity index (χ2v) is 2.28. The van der Waals surface area contributed by atoms with Crippen LogP contribution in [0.3, 0.4) is 0 Å². The third-order valence-electron chi connectivity index (χ3n) is 1.45. The smallest absolute Gasteiger partial charge is 0.377 e. The van der Waals surface area contributed by atoms with Crippen LogP contribution >= 0.6 is 0 Å². The molecule has 1 aliphatic heterocycles. The number of halogens is 1. The van der Waals surface area contributed by atoms with Crippen molar-refractivity contribution in [3.63, 3.8) is 0 Å². The van der Waals surface area contributed by atoms with Gasteiger partial charge < -0.3 is 20.1 Å². The standard InChI is InChI=1S/C6H7FO5/c7-1-2(8)5-3(9)4(10)6(11)12-5/h2,5,8-10H,1H2/t2-,5-/m1/s1/i7-1. The predicted molar refractivity (Wildman–Crippen MR) is 34.1 cm³/mol. The number of hydrogen-bond donors (Lipinski definition) is 3. The summed E-state index contributed by atoms with van der Waals surface area (Å²) in [4.78, 5) is 10.5. The number of carbonyl (C=O) groups is 1. The van der Waals surface area contributed by atoms with Gasteiger partial charge in [0.25, 0.3) is 0 Å². The van der Waals surface area contributed by atoms with Crippen LogP contribution in [0.25, 0.3) is 0 Å². The lowest BCUT2D eigenvalue weighted by Crippen LogP contribution is -2.30. The molecule has 1 aliphatic rings. The zero-order chi connectivity index (χ0) is 9.30. The Labute approximate surface area is 66.7 Å². The van der Waals surface area contributed by atoms with E-state index in [-0.39, 0.29) is 0 Å². The van der Waals surface area contributed by atoms with Crippen LogP contribution in [0.4, 0.5) is 4.39 Å². The minimum Gasteiger partial charge on any atom is -0.505 e. The van der Waals surface area contributed by atoms with Crippen molar-refractivity contribution in [3.05, 3.63) is 11.5 Å². The normalized spacial score (nSPS) is 25.8. The largest absolute Gasteiger partial charge is 0.505 e. The minimum atomic E-state index is -1.64. The molecule has 0 aromatic rings. The topological polar surface area (TPSA) is 87.0 Å². The lowest BCUT2D eigenvalue weighted by Gasteiger charge is -2.13. The minimum absolute atomic E-state index is 0.829. The van der Waals surface area contributed by atoms with Gasteiger partial charge in [0.2, 0.25) is 5.76 Å². The maximum absolute atomic E-state index is 11.8. The molecule has 68 valence electrons. The van der Waals surface area contributed by atoms with Crippen molar-refractivity contribution in [2.75, 3.05) is 6.67 Å². The van der Waals surface area contributed by atoms with Gasteiger partial charge in [-0.1, -0.05) is 0 Å². The van der Waals surface area contributed by atoms with Crippen LogP contribution < -0.4 is 0 Å². The number of carbonyl (C=O) groups excluding carboxylic acids is 1. The fraction of sp³-hybridized carbons (Fsp3) is 0.500. The highest BCUT2D eigenvalue weighted by atomic mass is 18.2. The molecule has 0 radical (unpaired) electrons. The van der Waals surface area contributed by atoms with Gasteiger partial charge in [0.1, 0.15) is 12.8 Å². The summed E-state index contributed by atoms with van der Waals surface area (Å²) in [6.45, 7) is -1.17. The molecule has 0 aromatic heterocycles. The summed E-state index contributed by atoms with van der Waals surface area (Å²) >= 11 is 0. The Kier molecular flexibility index (Phi) is 2.18. The van der Waals surface area contributed by atoms with E-state index in [0.29, 0.717) is 0 Å². The fourth-order valence-electron chi connectivity index (χ4n) is 0.808. The Balaban J connectivity index is 2.80. The van der Waals surface area contributed by atoms with Crippen LogP contribution in [-0.4, -0.2) is 40.2 Å². The van der Waals surface area contributed by atoms with Crippen molar-refractivity contribution in [2.45, 2.75) is 12.2 Å². The molecule has 0 aromatic carbocycles. The monoisotopic (exact) mass is 177 g/mol. The van der Waals surface area contributed by atoms with Crippen LogP contribution in [0.5, 0.6) is 0 Å². The van der Waals surface area contributed by atoms with Gasteiger partial charge in [-0.2, -0.15) is 0 Å². The van der Waals surface area contributed by atoms with Crippen LogP contribution in [0.2, 0.25) is 0 Å². The van der Waals surface area contributed by atoms with Gasteiger partial charge in [-0.05, 0) is 0 Å². The molecule has 6 heteroatoms. The van der Waals surface area contributed by atoms with E-state index in [1.165, 1.54) is 0 Å². The highest BCUT2D eigenvalue weighted by Crippen LogP contribution is 2.21. The van der Waals surface area contributed by atoms with Gasteiger partial charge in [0.05, 0.1) is 0 Å². The first-order valence-electron chi connectivity index (χ1n) is 3.15. The lowest BCUT2D eigenvalue weighted by atomic mass is 10.2. The summed E-state index contributed by atoms with van der Waals surface area (Å²) in [6, 6.07) is 0. The van der Waals surface area contributed by atoms with E-state index >= 15 is 0 Å². The summed E-state index contributed by atoms with van der Waals surface area (Å²) < 4.78 is 16.0. The van der Waals surface area contributed by atoms with Gasteiger partial charge in [0.15, 0.2) is 11.9 Å². The van der Waals surface area contributed by atoms with E-state index in [1.54, 1.807) is 0 Å². The van der Waals surface area contributed by atoms with E-state index in [9.17, 15) is 9.18 Å². The number of alkyl halides is 1. The molecule has 0 bridgehead atoms. The molecule has 1 heterocycles. The van der Waals surface area contributed by atoms with Gasteiger partial charge >= 0.3 is 5.97 Å². The number of ether oxygens (including phenoxy) is 1. The van der Waals surface area contributed by atoms with E-state index in [1.807, 2.05) is 0 Å². The van der Waals surface area contributed by atoms with Crippen LogP contribution in [0.15, 0.2) is 11.5 Å². The van der Waals surface area contributed by atoms with Crippen molar-refractivity contribution in [3.8, 4) is 0 Å². The van der Waals surface area contributed by atoms with E-state index in [4.69, 9.17) is 15.3 Å². The van der Waals surface area contributed by atoms with Gasteiger partial charge in [-0.25, -0.2) is 9.18 Å². The zero-order valence-electron chi connectivity index (χ0n) is 5.90. The molecule has 0 unspecified atom stereocenters. The summed E-state index contributed by atoms with van der Waals surface area (Å²) in [6.07, 6.45) is -3.12. The highest BCUT2D eigenvalue weighted by molar-refractivity contribution is 5.89. The third-order valence-corrected chi connectivity index (χ3v) is 1.45. The molecular formula is C6H7FO5. The first-order valence-corrected chi connectivity index (χ1v) is 3.15. The predicted octanol–water partition coefficient (Wildman–Crippen LogP) is -0.430. The van der Waals surface area contributed by atoms with Gasteiger partial charge in [0, 0.05) is 0 Å². The van der Waals surface area contributed by atoms with E-state index in [0.717, 1.165) is 0 Å². The molecule has 0 saturated heterocycles. The molecule has 5 nitrogen and oxygen atoms in total. The van der Waals surface area contributed by atoms with Gasteiger partial charge in [-0.15, -0.1) is 0 Å². The van der Waals surface area contributed by atoms with Gasteiger partial charge in [-0.3, -0.25) is 0 Å². The summed E-state index contributed by atoms with van der Waals surface area (Å²) in [5, 5.41) is 26.4. The molecule has 0 aliphatic carbocycles. The first kappa shape index (κ1) is 8.79. The number of aliphatic hydroxyl groups excluding tert-OH is 3. The highest BCUT2D eigenvalue weighted by Gasteiger charge is 2.39. The summed E-state index contributed by atoms with van der Waals surface area (Å²) in [5.41, 5.74) is 0. The quantitative estimate of drug-likeness (QED) is 0.498. The van der Waals surface area contributed by atoms with Crippen molar-refractivity contribution >= 4 is 5.97 Å². The van der Waals surface area contributed by atoms with Crippen LogP contribution in [0, 0.1) is 0 Å². The molecule has 0 fully saturated rings. The molecule has 0 amide bonds. The van der Waals surface area contributed by atoms with Crippen molar-refractivity contribution in [2.24, 2.45) is 0 Å². The average molecular weight is 177 g/mol. The molecule has 1 rings (SSSR count). The second kappa shape index (κ2) is 2.98. The molecule has 0 saturated carbocycles. The number of rotatable bonds is 2. The molecular weight excluding hydrogens is 170 g/mol. The second-order valence-electron chi connectivity index (χ2n) is 2.28. The Morgan fingerprint density at radius 1 is 1.58 bits per heavy atom. The average Bonchev–Trinajstić information content (AvgIpc) is 2.32. The number of esters is 1. The molecule has 3 N–H and O–H groups in total. The van der Waals surface area contributed by atoms with E-state index < -0.39 is 36.4 Å². The maximum Gasteiger partial charge on any atom is 0.377 e. The summed E-state index contributed by atoms with van der Waals surface area (Å²) in [5.74, 6) is -2.97. The molecule has 12 heavy (non-hydrogen) atoms. The Bertz CT molecular complexity index is 236. The van der Waals surface area contributed by atoms with Crippen molar-refractivity contribution in [1.82, 2.24) is 0 Å². The maximum atomic E-state index is 11.8. The fourth-order valence-corrected chi connectivity index (χ4v) is 0.808. The van der Waals surface area contributed by atoms with Crippen molar-refractivity contribution in [1.29, 1.82) is 0 Å². The first-order chi connectivity index (χ1) is 5.57. The Morgan fingerprint density at radius 3 is 2.50 bits per heavy atom. The Morgan fingerprint density at radius 2 is 2.17 bits per heavy atom. The number of aliphatic hydroxyl groups is 3. The van der Waals surface area contributed by atoms with Crippen molar-refractivity contribution < 1.29 is 29.2 Å². The lowest BCUT2D eigenvalue weighted by molar-refractivity contribution is -0.147. The van der Waals surface area contributed by atoms with Crippen LogP contribution in [0.1, 0.15) is 0 Å². The number of cyclic esters (lactones) is 1. The van der Waals surface area contributed by atoms with Crippen LogP contribution in [-0.2, 0) is 9.53 Å². The Hall–Kier alpha value is -1.30. The summed E-state index contributed by atoms with van der Waals surface area (Å²) in [7, 11) is 0.